The molecule has 0 radical (unpaired) electrons. The Balaban J connectivity index is 2.06. The van der Waals surface area contributed by atoms with Gasteiger partial charge in [-0.3, -0.25) is 4.79 Å². The van der Waals surface area contributed by atoms with Crippen LogP contribution in [0.3, 0.4) is 0 Å². The normalized spacial score (nSPS) is 11.8. The van der Waals surface area contributed by atoms with E-state index in [1.165, 1.54) is 12.1 Å². The van der Waals surface area contributed by atoms with Gasteiger partial charge in [0.15, 0.2) is 6.10 Å². The molecule has 0 aromatic heterocycles. The van der Waals surface area contributed by atoms with Crippen molar-refractivity contribution in [3.05, 3.63) is 58.8 Å². The Morgan fingerprint density at radius 3 is 2.62 bits per heavy atom. The number of ether oxygens (including phenoxy) is 1. The van der Waals surface area contributed by atoms with Crippen molar-refractivity contribution in [2.24, 2.45) is 0 Å². The van der Waals surface area contributed by atoms with Crippen molar-refractivity contribution in [1.82, 2.24) is 0 Å². The van der Waals surface area contributed by atoms with Crippen molar-refractivity contribution in [1.29, 1.82) is 0 Å². The molecule has 0 saturated carbocycles. The molecule has 1 atom stereocenters. The molecule has 0 spiro atoms. The fraction of sp³-hybridized carbons (Fsp3) is 0.188. The topological polar surface area (TPSA) is 38.3 Å². The van der Waals surface area contributed by atoms with Crippen molar-refractivity contribution in [3.63, 3.8) is 0 Å². The standard InChI is InChI=1S/C16H15BrFNO2/c1-2-15(21-12-6-4-3-5-7-12)16(20)19-14-9-8-11(17)10-13(14)18/h3-10,15H,2H2,1H3,(H,19,20)/t15-/m1/s1. The second kappa shape index (κ2) is 7.22. The van der Waals surface area contributed by atoms with Crippen LogP contribution in [-0.2, 0) is 4.79 Å². The Morgan fingerprint density at radius 1 is 1.29 bits per heavy atom. The number of hydrogen-bond acceptors (Lipinski definition) is 2. The number of benzene rings is 2. The van der Waals surface area contributed by atoms with Gasteiger partial charge < -0.3 is 10.1 Å². The molecule has 0 aliphatic heterocycles. The highest BCUT2D eigenvalue weighted by Crippen LogP contribution is 2.20. The molecule has 1 N–H and O–H groups in total. The summed E-state index contributed by atoms with van der Waals surface area (Å²) in [7, 11) is 0. The maximum absolute atomic E-state index is 13.7. The fourth-order valence-corrected chi connectivity index (χ4v) is 2.12. The molecule has 5 heteroatoms. The van der Waals surface area contributed by atoms with Gasteiger partial charge >= 0.3 is 0 Å². The summed E-state index contributed by atoms with van der Waals surface area (Å²) in [6.07, 6.45) is -0.186. The van der Waals surface area contributed by atoms with E-state index >= 15 is 0 Å². The molecule has 2 rings (SSSR count). The van der Waals surface area contributed by atoms with E-state index in [0.29, 0.717) is 16.6 Å². The summed E-state index contributed by atoms with van der Waals surface area (Å²) in [5.74, 6) is -0.259. The van der Waals surface area contributed by atoms with E-state index in [9.17, 15) is 9.18 Å². The molecule has 0 fully saturated rings. The van der Waals surface area contributed by atoms with E-state index in [0.717, 1.165) is 0 Å². The molecule has 0 aliphatic rings. The number of nitrogens with one attached hydrogen (secondary N) is 1. The highest BCUT2D eigenvalue weighted by molar-refractivity contribution is 9.10. The molecule has 2 aromatic rings. The third-order valence-electron chi connectivity index (χ3n) is 2.87. The average molecular weight is 352 g/mol. The molecule has 2 aromatic carbocycles. The second-order valence-corrected chi connectivity index (χ2v) is 5.36. The van der Waals surface area contributed by atoms with Crippen molar-refractivity contribution < 1.29 is 13.9 Å². The van der Waals surface area contributed by atoms with Gasteiger partial charge in [-0.25, -0.2) is 4.39 Å². The van der Waals surface area contributed by atoms with Crippen LogP contribution >= 0.6 is 15.9 Å². The lowest BCUT2D eigenvalue weighted by molar-refractivity contribution is -0.122. The molecule has 0 unspecified atom stereocenters. The highest BCUT2D eigenvalue weighted by Gasteiger charge is 2.19. The summed E-state index contributed by atoms with van der Waals surface area (Å²) in [6.45, 7) is 1.84. The molecular weight excluding hydrogens is 337 g/mol. The monoisotopic (exact) mass is 351 g/mol. The lowest BCUT2D eigenvalue weighted by Crippen LogP contribution is -2.32. The Bertz CT molecular complexity index is 619. The smallest absolute Gasteiger partial charge is 0.265 e. The predicted octanol–water partition coefficient (Wildman–Crippen LogP) is 4.38. The molecule has 21 heavy (non-hydrogen) atoms. The van der Waals surface area contributed by atoms with Crippen LogP contribution in [-0.4, -0.2) is 12.0 Å². The molecular formula is C16H15BrFNO2. The van der Waals surface area contributed by atoms with Gasteiger partial charge in [-0.2, -0.15) is 0 Å². The van der Waals surface area contributed by atoms with E-state index in [4.69, 9.17) is 4.74 Å². The molecule has 0 aliphatic carbocycles. The molecule has 0 heterocycles. The Labute approximate surface area is 131 Å². The van der Waals surface area contributed by atoms with Gasteiger partial charge in [0, 0.05) is 4.47 Å². The van der Waals surface area contributed by atoms with Crippen LogP contribution in [0.5, 0.6) is 5.75 Å². The molecule has 0 saturated heterocycles. The first-order valence-corrected chi connectivity index (χ1v) is 7.37. The average Bonchev–Trinajstić information content (AvgIpc) is 2.48. The summed E-state index contributed by atoms with van der Waals surface area (Å²) in [6, 6.07) is 13.5. The lowest BCUT2D eigenvalue weighted by atomic mass is 10.2. The first-order valence-electron chi connectivity index (χ1n) is 6.57. The summed E-state index contributed by atoms with van der Waals surface area (Å²) < 4.78 is 20.0. The summed E-state index contributed by atoms with van der Waals surface area (Å²) in [5, 5.41) is 2.55. The van der Waals surface area contributed by atoms with Gasteiger partial charge in [0.25, 0.3) is 5.91 Å². The zero-order valence-electron chi connectivity index (χ0n) is 11.5. The number of carbonyl (C=O) groups is 1. The van der Waals surface area contributed by atoms with Crippen LogP contribution in [0.15, 0.2) is 53.0 Å². The maximum atomic E-state index is 13.7. The SMILES string of the molecule is CC[C@@H](Oc1ccccc1)C(=O)Nc1ccc(Br)cc1F. The zero-order valence-corrected chi connectivity index (χ0v) is 13.1. The van der Waals surface area contributed by atoms with Crippen LogP contribution in [0.25, 0.3) is 0 Å². The summed E-state index contributed by atoms with van der Waals surface area (Å²) >= 11 is 3.17. The van der Waals surface area contributed by atoms with Crippen molar-refractivity contribution in [2.75, 3.05) is 5.32 Å². The number of amides is 1. The van der Waals surface area contributed by atoms with Crippen molar-refractivity contribution >= 4 is 27.5 Å². The quantitative estimate of drug-likeness (QED) is 0.867. The van der Waals surface area contributed by atoms with Crippen LogP contribution in [0.4, 0.5) is 10.1 Å². The zero-order chi connectivity index (χ0) is 15.2. The Morgan fingerprint density at radius 2 is 2.00 bits per heavy atom. The minimum Gasteiger partial charge on any atom is -0.481 e. The number of hydrogen-bond donors (Lipinski definition) is 1. The summed E-state index contributed by atoms with van der Waals surface area (Å²) in [5.41, 5.74) is 0.137. The van der Waals surface area contributed by atoms with Crippen LogP contribution in [0, 0.1) is 5.82 Å². The number of halogens is 2. The maximum Gasteiger partial charge on any atom is 0.265 e. The third kappa shape index (κ3) is 4.29. The molecule has 0 bridgehead atoms. The molecule has 3 nitrogen and oxygen atoms in total. The first-order chi connectivity index (χ1) is 10.1. The first kappa shape index (κ1) is 15.5. The van der Waals surface area contributed by atoms with Gasteiger partial charge in [-0.05, 0) is 36.8 Å². The van der Waals surface area contributed by atoms with Crippen LogP contribution < -0.4 is 10.1 Å². The Kier molecular flexibility index (Phi) is 5.33. The minimum absolute atomic E-state index is 0.137. The van der Waals surface area contributed by atoms with Gasteiger partial charge in [0.05, 0.1) is 5.69 Å². The van der Waals surface area contributed by atoms with Gasteiger partial charge in [-0.1, -0.05) is 41.1 Å². The summed E-state index contributed by atoms with van der Waals surface area (Å²) in [4.78, 5) is 12.2. The lowest BCUT2D eigenvalue weighted by Gasteiger charge is -2.17. The molecule has 110 valence electrons. The predicted molar refractivity (Wildman–Crippen MR) is 83.9 cm³/mol. The second-order valence-electron chi connectivity index (χ2n) is 4.44. The van der Waals surface area contributed by atoms with Crippen molar-refractivity contribution in [3.8, 4) is 5.75 Å². The van der Waals surface area contributed by atoms with Crippen LogP contribution in [0.2, 0.25) is 0 Å². The third-order valence-corrected chi connectivity index (χ3v) is 3.37. The van der Waals surface area contributed by atoms with Crippen LogP contribution in [0.1, 0.15) is 13.3 Å². The minimum atomic E-state index is -0.671. The van der Waals surface area contributed by atoms with Gasteiger partial charge in [0.1, 0.15) is 11.6 Å². The van der Waals surface area contributed by atoms with E-state index in [-0.39, 0.29) is 11.6 Å². The van der Waals surface area contributed by atoms with E-state index in [1.54, 1.807) is 18.2 Å². The van der Waals surface area contributed by atoms with E-state index in [1.807, 2.05) is 25.1 Å². The molecule has 1 amide bonds. The van der Waals surface area contributed by atoms with Gasteiger partial charge in [-0.15, -0.1) is 0 Å². The largest absolute Gasteiger partial charge is 0.481 e. The number of para-hydroxylation sites is 1. The fourth-order valence-electron chi connectivity index (χ4n) is 1.79. The van der Waals surface area contributed by atoms with E-state index < -0.39 is 11.9 Å². The number of anilines is 1. The highest BCUT2D eigenvalue weighted by atomic mass is 79.9. The number of carbonyl (C=O) groups excluding carboxylic acids is 1. The Hall–Kier alpha value is -1.88. The van der Waals surface area contributed by atoms with Crippen molar-refractivity contribution in [2.45, 2.75) is 19.4 Å². The van der Waals surface area contributed by atoms with E-state index in [2.05, 4.69) is 21.2 Å². The van der Waals surface area contributed by atoms with Gasteiger partial charge in [0.2, 0.25) is 0 Å². The number of rotatable bonds is 5.